The van der Waals surface area contributed by atoms with Crippen LogP contribution in [0.1, 0.15) is 44.4 Å². The van der Waals surface area contributed by atoms with E-state index in [-0.39, 0.29) is 6.61 Å². The van der Waals surface area contributed by atoms with Crippen molar-refractivity contribution in [2.75, 3.05) is 12.3 Å². The first-order valence-corrected chi connectivity index (χ1v) is 8.70. The van der Waals surface area contributed by atoms with Crippen molar-refractivity contribution in [1.29, 1.82) is 0 Å². The SMILES string of the molecule is CCCCC#CC#Cc1cn([C@H]2C[C@H](O)[C@@H](CO)O2)c2ncnc(N)c12. The van der Waals surface area contributed by atoms with Gasteiger partial charge in [0.05, 0.1) is 23.7 Å². The lowest BCUT2D eigenvalue weighted by Crippen LogP contribution is -2.24. The molecule has 4 N–H and O–H groups in total. The van der Waals surface area contributed by atoms with Crippen molar-refractivity contribution in [2.24, 2.45) is 0 Å². The monoisotopic (exact) mass is 354 g/mol. The molecule has 136 valence electrons. The number of anilines is 1. The third-order valence-corrected chi connectivity index (χ3v) is 4.34. The fourth-order valence-corrected chi connectivity index (χ4v) is 2.94. The number of aliphatic hydroxyl groups excluding tert-OH is 2. The van der Waals surface area contributed by atoms with E-state index in [0.717, 1.165) is 19.3 Å². The Bertz CT molecular complexity index is 900. The Hall–Kier alpha value is -2.58. The number of hydrogen-bond acceptors (Lipinski definition) is 6. The smallest absolute Gasteiger partial charge is 0.148 e. The van der Waals surface area contributed by atoms with Crippen LogP contribution in [0.5, 0.6) is 0 Å². The van der Waals surface area contributed by atoms with Gasteiger partial charge in [-0.3, -0.25) is 0 Å². The van der Waals surface area contributed by atoms with Gasteiger partial charge in [0.1, 0.15) is 30.1 Å². The number of hydrogen-bond donors (Lipinski definition) is 3. The summed E-state index contributed by atoms with van der Waals surface area (Å²) in [6, 6.07) is 0. The lowest BCUT2D eigenvalue weighted by atomic mass is 10.2. The zero-order valence-corrected chi connectivity index (χ0v) is 14.6. The van der Waals surface area contributed by atoms with E-state index in [1.807, 2.05) is 0 Å². The summed E-state index contributed by atoms with van der Waals surface area (Å²) >= 11 is 0. The molecule has 0 spiro atoms. The first-order valence-electron chi connectivity index (χ1n) is 8.70. The van der Waals surface area contributed by atoms with Gasteiger partial charge in [-0.1, -0.05) is 25.2 Å². The van der Waals surface area contributed by atoms with Crippen LogP contribution in [0.4, 0.5) is 5.82 Å². The summed E-state index contributed by atoms with van der Waals surface area (Å²) in [7, 11) is 0. The molecule has 0 saturated carbocycles. The van der Waals surface area contributed by atoms with Gasteiger partial charge in [0, 0.05) is 19.0 Å². The number of fused-ring (bicyclic) bond motifs is 1. The highest BCUT2D eigenvalue weighted by Crippen LogP contribution is 2.33. The van der Waals surface area contributed by atoms with E-state index in [4.69, 9.17) is 10.5 Å². The van der Waals surface area contributed by atoms with Crippen molar-refractivity contribution in [3.63, 3.8) is 0 Å². The summed E-state index contributed by atoms with van der Waals surface area (Å²) in [6.45, 7) is 1.88. The van der Waals surface area contributed by atoms with E-state index in [1.54, 1.807) is 10.8 Å². The zero-order valence-electron chi connectivity index (χ0n) is 14.6. The van der Waals surface area contributed by atoms with Crippen molar-refractivity contribution in [1.82, 2.24) is 14.5 Å². The number of rotatable bonds is 4. The number of unbranched alkanes of at least 4 members (excludes halogenated alkanes) is 2. The van der Waals surface area contributed by atoms with Crippen LogP contribution >= 0.6 is 0 Å². The molecule has 3 rings (SSSR count). The Morgan fingerprint density at radius 2 is 2.23 bits per heavy atom. The van der Waals surface area contributed by atoms with Gasteiger partial charge in [-0.05, 0) is 18.3 Å². The molecule has 0 amide bonds. The summed E-state index contributed by atoms with van der Waals surface area (Å²) in [5, 5.41) is 19.9. The second kappa shape index (κ2) is 8.20. The number of aliphatic hydroxyl groups is 2. The number of nitrogen functional groups attached to an aromatic ring is 1. The molecule has 7 nitrogen and oxygen atoms in total. The Morgan fingerprint density at radius 3 is 2.96 bits per heavy atom. The highest BCUT2D eigenvalue weighted by atomic mass is 16.5. The van der Waals surface area contributed by atoms with Gasteiger partial charge >= 0.3 is 0 Å². The molecule has 1 saturated heterocycles. The van der Waals surface area contributed by atoms with Crippen LogP contribution in [0, 0.1) is 23.7 Å². The molecule has 26 heavy (non-hydrogen) atoms. The highest BCUT2D eigenvalue weighted by molar-refractivity contribution is 5.92. The van der Waals surface area contributed by atoms with Gasteiger partial charge in [0.15, 0.2) is 0 Å². The second-order valence-electron chi connectivity index (χ2n) is 6.18. The molecule has 1 aliphatic heterocycles. The molecule has 1 fully saturated rings. The summed E-state index contributed by atoms with van der Waals surface area (Å²) in [4.78, 5) is 8.34. The normalized spacial score (nSPS) is 21.9. The van der Waals surface area contributed by atoms with E-state index >= 15 is 0 Å². The largest absolute Gasteiger partial charge is 0.394 e. The standard InChI is InChI=1S/C19H22N4O3/c1-2-3-4-5-6-7-8-13-10-23(16-9-14(25)15(11-24)26-16)19-17(13)18(20)21-12-22-19/h10,12,14-16,24-25H,2-4,9,11H2,1H3,(H2,20,21,22)/t14-,15+,16+/m0/s1. The van der Waals surface area contributed by atoms with Gasteiger partial charge in [-0.15, -0.1) is 0 Å². The molecule has 0 bridgehead atoms. The molecular weight excluding hydrogens is 332 g/mol. The lowest BCUT2D eigenvalue weighted by molar-refractivity contribution is -0.0430. The molecule has 7 heteroatoms. The van der Waals surface area contributed by atoms with Crippen LogP contribution in [0.15, 0.2) is 12.5 Å². The molecule has 0 radical (unpaired) electrons. The predicted octanol–water partition coefficient (Wildman–Crippen LogP) is 1.20. The van der Waals surface area contributed by atoms with Crippen LogP contribution < -0.4 is 5.73 Å². The summed E-state index contributed by atoms with van der Waals surface area (Å²) in [6.07, 6.45) is 4.70. The molecule has 2 aromatic rings. The van der Waals surface area contributed by atoms with Gasteiger partial charge in [0.2, 0.25) is 0 Å². The molecule has 3 atom stereocenters. The molecule has 0 aromatic carbocycles. The fraction of sp³-hybridized carbons (Fsp3) is 0.474. The van der Waals surface area contributed by atoms with Crippen LogP contribution in [-0.4, -0.2) is 43.6 Å². The van der Waals surface area contributed by atoms with Crippen molar-refractivity contribution >= 4 is 16.9 Å². The van der Waals surface area contributed by atoms with Crippen LogP contribution in [-0.2, 0) is 4.74 Å². The maximum Gasteiger partial charge on any atom is 0.148 e. The van der Waals surface area contributed by atoms with Crippen LogP contribution in [0.2, 0.25) is 0 Å². The minimum Gasteiger partial charge on any atom is -0.394 e. The third kappa shape index (κ3) is 3.66. The maximum atomic E-state index is 10.00. The minimum absolute atomic E-state index is 0.242. The Labute approximate surface area is 152 Å². The van der Waals surface area contributed by atoms with Crippen molar-refractivity contribution in [3.05, 3.63) is 18.1 Å². The van der Waals surface area contributed by atoms with E-state index < -0.39 is 18.4 Å². The molecule has 1 aliphatic rings. The number of nitrogens with zero attached hydrogens (tertiary/aromatic N) is 3. The van der Waals surface area contributed by atoms with Crippen molar-refractivity contribution in [2.45, 2.75) is 51.0 Å². The molecule has 3 heterocycles. The van der Waals surface area contributed by atoms with Crippen LogP contribution in [0.25, 0.3) is 11.0 Å². The van der Waals surface area contributed by atoms with Crippen molar-refractivity contribution in [3.8, 4) is 23.7 Å². The Morgan fingerprint density at radius 1 is 1.38 bits per heavy atom. The predicted molar refractivity (Wildman–Crippen MR) is 97.7 cm³/mol. The van der Waals surface area contributed by atoms with Gasteiger partial charge in [-0.2, -0.15) is 0 Å². The van der Waals surface area contributed by atoms with E-state index in [2.05, 4.69) is 40.6 Å². The average molecular weight is 354 g/mol. The first-order chi connectivity index (χ1) is 12.7. The van der Waals surface area contributed by atoms with E-state index in [9.17, 15) is 10.2 Å². The highest BCUT2D eigenvalue weighted by Gasteiger charge is 2.35. The lowest BCUT2D eigenvalue weighted by Gasteiger charge is -2.14. The minimum atomic E-state index is -0.736. The molecule has 0 unspecified atom stereocenters. The number of aromatic nitrogens is 3. The molecular formula is C19H22N4O3. The zero-order chi connectivity index (χ0) is 18.5. The Kier molecular flexibility index (Phi) is 5.75. The second-order valence-corrected chi connectivity index (χ2v) is 6.18. The number of ether oxygens (including phenoxy) is 1. The van der Waals surface area contributed by atoms with E-state index in [0.29, 0.717) is 28.8 Å². The topological polar surface area (TPSA) is 106 Å². The quantitative estimate of drug-likeness (QED) is 0.563. The number of nitrogens with two attached hydrogens (primary N) is 1. The molecule has 0 aliphatic carbocycles. The fourth-order valence-electron chi connectivity index (χ4n) is 2.94. The maximum absolute atomic E-state index is 10.00. The molecule has 2 aromatic heterocycles. The van der Waals surface area contributed by atoms with Crippen molar-refractivity contribution < 1.29 is 14.9 Å². The summed E-state index contributed by atoms with van der Waals surface area (Å²) in [5.41, 5.74) is 7.26. The van der Waals surface area contributed by atoms with Crippen LogP contribution in [0.3, 0.4) is 0 Å². The summed E-state index contributed by atoms with van der Waals surface area (Å²) in [5.74, 6) is 12.1. The van der Waals surface area contributed by atoms with Gasteiger partial charge in [0.25, 0.3) is 0 Å². The average Bonchev–Trinajstić information content (AvgIpc) is 3.19. The Balaban J connectivity index is 1.95. The summed E-state index contributed by atoms with van der Waals surface area (Å²) < 4.78 is 7.50. The van der Waals surface area contributed by atoms with E-state index in [1.165, 1.54) is 6.33 Å². The third-order valence-electron chi connectivity index (χ3n) is 4.34. The van der Waals surface area contributed by atoms with Gasteiger partial charge < -0.3 is 25.3 Å². The first kappa shape index (κ1) is 18.2. The van der Waals surface area contributed by atoms with Gasteiger partial charge in [-0.25, -0.2) is 9.97 Å².